The lowest BCUT2D eigenvalue weighted by molar-refractivity contribution is 0.236. The molecule has 0 fully saturated rings. The number of benzene rings is 1. The molecule has 0 radical (unpaired) electrons. The number of aromatic nitrogens is 4. The van der Waals surface area contributed by atoms with E-state index in [1.807, 2.05) is 24.5 Å². The van der Waals surface area contributed by atoms with Gasteiger partial charge in [-0.1, -0.05) is 12.1 Å². The summed E-state index contributed by atoms with van der Waals surface area (Å²) in [5.41, 5.74) is 1.22. The fourth-order valence-electron chi connectivity index (χ4n) is 2.27. The van der Waals surface area contributed by atoms with E-state index in [9.17, 15) is 0 Å². The molecule has 0 atom stereocenters. The van der Waals surface area contributed by atoms with Gasteiger partial charge in [0, 0.05) is 36.2 Å². The van der Waals surface area contributed by atoms with E-state index in [2.05, 4.69) is 49.6 Å². The number of aromatic amines is 2. The minimum atomic E-state index is 0.741. The maximum Gasteiger partial charge on any atom is 0.120 e. The van der Waals surface area contributed by atoms with Crippen LogP contribution in [0, 0.1) is 0 Å². The van der Waals surface area contributed by atoms with Crippen LogP contribution in [-0.2, 0) is 19.6 Å². The number of rotatable bonds is 6. The van der Waals surface area contributed by atoms with Crippen molar-refractivity contribution < 1.29 is 0 Å². The molecule has 6 heteroatoms. The smallest absolute Gasteiger partial charge is 0.120 e. The van der Waals surface area contributed by atoms with E-state index in [1.165, 1.54) is 5.56 Å². The van der Waals surface area contributed by atoms with Crippen molar-refractivity contribution >= 4 is 12.6 Å². The zero-order valence-electron chi connectivity index (χ0n) is 11.5. The fourth-order valence-corrected chi connectivity index (χ4v) is 2.53. The molecule has 108 valence electrons. The third kappa shape index (κ3) is 3.96. The zero-order chi connectivity index (χ0) is 14.5. The van der Waals surface area contributed by atoms with Gasteiger partial charge in [0.15, 0.2) is 0 Å². The molecular weight excluding hydrogens is 282 g/mol. The van der Waals surface area contributed by atoms with Gasteiger partial charge < -0.3 is 9.97 Å². The van der Waals surface area contributed by atoms with Crippen molar-refractivity contribution in [2.75, 3.05) is 0 Å². The van der Waals surface area contributed by atoms with Crippen molar-refractivity contribution in [2.45, 2.75) is 24.5 Å². The molecular formula is C15H17N5S. The average Bonchev–Trinajstić information content (AvgIpc) is 3.12. The van der Waals surface area contributed by atoms with Gasteiger partial charge >= 0.3 is 0 Å². The Hall–Kier alpha value is -2.05. The molecule has 3 aromatic rings. The fraction of sp³-hybridized carbons (Fsp3) is 0.200. The normalized spacial score (nSPS) is 11.1. The van der Waals surface area contributed by atoms with Crippen LogP contribution < -0.4 is 0 Å². The SMILES string of the molecule is Sc1cccc(CN(Cc2ncc[nH]2)Cc2ncc[nH]2)c1. The largest absolute Gasteiger partial charge is 0.348 e. The van der Waals surface area contributed by atoms with Crippen molar-refractivity contribution in [3.05, 3.63) is 66.3 Å². The first kappa shape index (κ1) is 13.9. The highest BCUT2D eigenvalue weighted by Crippen LogP contribution is 2.14. The molecule has 0 saturated heterocycles. The van der Waals surface area contributed by atoms with Gasteiger partial charge in [0.25, 0.3) is 0 Å². The van der Waals surface area contributed by atoms with E-state index < -0.39 is 0 Å². The Bertz CT molecular complexity index is 627. The zero-order valence-corrected chi connectivity index (χ0v) is 12.4. The molecule has 2 heterocycles. The number of nitrogens with one attached hydrogen (secondary N) is 2. The van der Waals surface area contributed by atoms with Gasteiger partial charge in [0.1, 0.15) is 11.6 Å². The topological polar surface area (TPSA) is 60.6 Å². The quantitative estimate of drug-likeness (QED) is 0.613. The van der Waals surface area contributed by atoms with Crippen LogP contribution in [0.2, 0.25) is 0 Å². The van der Waals surface area contributed by atoms with Crippen molar-refractivity contribution in [3.8, 4) is 0 Å². The summed E-state index contributed by atoms with van der Waals surface area (Å²) in [6.07, 6.45) is 7.23. The highest BCUT2D eigenvalue weighted by molar-refractivity contribution is 7.80. The average molecular weight is 299 g/mol. The van der Waals surface area contributed by atoms with Crippen LogP contribution in [0.4, 0.5) is 0 Å². The van der Waals surface area contributed by atoms with E-state index in [-0.39, 0.29) is 0 Å². The summed E-state index contributed by atoms with van der Waals surface area (Å²) in [5, 5.41) is 0. The van der Waals surface area contributed by atoms with Crippen molar-refractivity contribution in [2.24, 2.45) is 0 Å². The number of H-pyrrole nitrogens is 2. The minimum absolute atomic E-state index is 0.741. The van der Waals surface area contributed by atoms with Crippen LogP contribution in [0.3, 0.4) is 0 Å². The van der Waals surface area contributed by atoms with E-state index in [0.29, 0.717) is 0 Å². The Morgan fingerprint density at radius 2 is 1.62 bits per heavy atom. The van der Waals surface area contributed by atoms with Crippen LogP contribution in [0.1, 0.15) is 17.2 Å². The summed E-state index contributed by atoms with van der Waals surface area (Å²) >= 11 is 4.40. The van der Waals surface area contributed by atoms with Crippen molar-refractivity contribution in [3.63, 3.8) is 0 Å². The molecule has 5 nitrogen and oxygen atoms in total. The highest BCUT2D eigenvalue weighted by atomic mass is 32.1. The maximum absolute atomic E-state index is 4.40. The summed E-state index contributed by atoms with van der Waals surface area (Å²) in [7, 11) is 0. The van der Waals surface area contributed by atoms with Crippen molar-refractivity contribution in [1.82, 2.24) is 24.8 Å². The highest BCUT2D eigenvalue weighted by Gasteiger charge is 2.11. The number of hydrogen-bond donors (Lipinski definition) is 3. The standard InChI is InChI=1S/C15H17N5S/c21-13-3-1-2-12(8-13)9-20(10-14-16-4-5-17-14)11-15-18-6-7-19-15/h1-8,21H,9-11H2,(H,16,17)(H,18,19). The predicted octanol–water partition coefficient (Wildman–Crippen LogP) is 2.62. The molecule has 0 aliphatic carbocycles. The van der Waals surface area contributed by atoms with Crippen LogP contribution in [0.15, 0.2) is 53.9 Å². The summed E-state index contributed by atoms with van der Waals surface area (Å²) in [4.78, 5) is 18.1. The molecule has 2 aromatic heterocycles. The molecule has 0 unspecified atom stereocenters. The van der Waals surface area contributed by atoms with Gasteiger partial charge in [0.05, 0.1) is 13.1 Å². The van der Waals surface area contributed by atoms with Gasteiger partial charge in [-0.3, -0.25) is 4.90 Å². The van der Waals surface area contributed by atoms with Gasteiger partial charge in [0.2, 0.25) is 0 Å². The Kier molecular flexibility index (Phi) is 4.37. The number of imidazole rings is 2. The molecule has 0 spiro atoms. The summed E-state index contributed by atoms with van der Waals surface area (Å²) in [6, 6.07) is 8.20. The molecule has 0 aliphatic rings. The second-order valence-corrected chi connectivity index (χ2v) is 5.40. The lowest BCUT2D eigenvalue weighted by Gasteiger charge is -2.20. The molecule has 21 heavy (non-hydrogen) atoms. The number of hydrogen-bond acceptors (Lipinski definition) is 4. The van der Waals surface area contributed by atoms with Crippen LogP contribution in [0.5, 0.6) is 0 Å². The van der Waals surface area contributed by atoms with Crippen molar-refractivity contribution in [1.29, 1.82) is 0 Å². The van der Waals surface area contributed by atoms with Gasteiger partial charge in [-0.05, 0) is 17.7 Å². The second kappa shape index (κ2) is 6.60. The number of nitrogens with zero attached hydrogens (tertiary/aromatic N) is 3. The van der Waals surface area contributed by atoms with Crippen LogP contribution in [0.25, 0.3) is 0 Å². The molecule has 2 N–H and O–H groups in total. The monoisotopic (exact) mass is 299 g/mol. The van der Waals surface area contributed by atoms with Gasteiger partial charge in [-0.25, -0.2) is 9.97 Å². The Labute approximate surface area is 128 Å². The molecule has 3 rings (SSSR count). The van der Waals surface area contributed by atoms with Gasteiger partial charge in [-0.2, -0.15) is 0 Å². The van der Waals surface area contributed by atoms with E-state index in [4.69, 9.17) is 0 Å². The van der Waals surface area contributed by atoms with E-state index in [1.54, 1.807) is 12.4 Å². The summed E-state index contributed by atoms with van der Waals surface area (Å²) in [6.45, 7) is 2.30. The molecule has 0 amide bonds. The first-order valence-corrected chi connectivity index (χ1v) is 7.21. The molecule has 0 aliphatic heterocycles. The maximum atomic E-state index is 4.40. The summed E-state index contributed by atoms with van der Waals surface area (Å²) in [5.74, 6) is 1.90. The second-order valence-electron chi connectivity index (χ2n) is 4.89. The third-order valence-electron chi connectivity index (χ3n) is 3.17. The van der Waals surface area contributed by atoms with Gasteiger partial charge in [-0.15, -0.1) is 12.6 Å². The van der Waals surface area contributed by atoms with Crippen LogP contribution >= 0.6 is 12.6 Å². The first-order valence-electron chi connectivity index (χ1n) is 6.76. The van der Waals surface area contributed by atoms with E-state index >= 15 is 0 Å². The lowest BCUT2D eigenvalue weighted by atomic mass is 10.2. The molecule has 1 aromatic carbocycles. The molecule has 0 saturated carbocycles. The minimum Gasteiger partial charge on any atom is -0.348 e. The van der Waals surface area contributed by atoms with Crippen LogP contribution in [-0.4, -0.2) is 24.8 Å². The third-order valence-corrected chi connectivity index (χ3v) is 3.45. The summed E-state index contributed by atoms with van der Waals surface area (Å²) < 4.78 is 0. The first-order chi connectivity index (χ1) is 10.3. The number of thiol groups is 1. The predicted molar refractivity (Wildman–Crippen MR) is 83.8 cm³/mol. The molecule has 0 bridgehead atoms. The lowest BCUT2D eigenvalue weighted by Crippen LogP contribution is -2.23. The Balaban J connectivity index is 1.74. The van der Waals surface area contributed by atoms with E-state index in [0.717, 1.165) is 36.2 Å². The Morgan fingerprint density at radius 1 is 0.952 bits per heavy atom. The Morgan fingerprint density at radius 3 is 2.14 bits per heavy atom.